The summed E-state index contributed by atoms with van der Waals surface area (Å²) in [5, 5.41) is 6.95. The van der Waals surface area contributed by atoms with Crippen molar-refractivity contribution in [3.8, 4) is 0 Å². The standard InChI is InChI=1S/C20H23N5O3/c1-11-7-6-8-12(2)18(11)24-19(27)15(5)28-17(26)9-16-13(3)23-20-21-10-22-25(20)14(16)4/h6-8,10,15H,9H2,1-5H3,(H,24,27)/t15-/m0/s1. The number of anilines is 1. The van der Waals surface area contributed by atoms with E-state index in [1.165, 1.54) is 6.33 Å². The number of carbonyl (C=O) groups is 2. The fourth-order valence-electron chi connectivity index (χ4n) is 3.08. The highest BCUT2D eigenvalue weighted by atomic mass is 16.5. The predicted octanol–water partition coefficient (Wildman–Crippen LogP) is 2.47. The van der Waals surface area contributed by atoms with Crippen LogP contribution in [0.4, 0.5) is 5.69 Å². The Balaban J connectivity index is 1.68. The molecule has 2 heterocycles. The van der Waals surface area contributed by atoms with Gasteiger partial charge in [-0.3, -0.25) is 9.59 Å². The Morgan fingerprint density at radius 3 is 2.54 bits per heavy atom. The van der Waals surface area contributed by atoms with E-state index < -0.39 is 12.1 Å². The average molecular weight is 381 g/mol. The molecule has 28 heavy (non-hydrogen) atoms. The van der Waals surface area contributed by atoms with Gasteiger partial charge in [0.25, 0.3) is 11.7 Å². The van der Waals surface area contributed by atoms with Crippen LogP contribution in [0.2, 0.25) is 0 Å². The van der Waals surface area contributed by atoms with Crippen molar-refractivity contribution in [2.75, 3.05) is 5.32 Å². The summed E-state index contributed by atoms with van der Waals surface area (Å²) < 4.78 is 6.92. The summed E-state index contributed by atoms with van der Waals surface area (Å²) in [5.41, 5.74) is 4.80. The van der Waals surface area contributed by atoms with Crippen molar-refractivity contribution < 1.29 is 14.3 Å². The molecule has 0 spiro atoms. The minimum Gasteiger partial charge on any atom is -0.452 e. The quantitative estimate of drug-likeness (QED) is 0.682. The van der Waals surface area contributed by atoms with E-state index in [1.807, 2.05) is 39.0 Å². The fraction of sp³-hybridized carbons (Fsp3) is 0.350. The lowest BCUT2D eigenvalue weighted by Gasteiger charge is -2.17. The first-order chi connectivity index (χ1) is 13.3. The number of amides is 1. The van der Waals surface area contributed by atoms with Crippen molar-refractivity contribution in [1.82, 2.24) is 19.6 Å². The summed E-state index contributed by atoms with van der Waals surface area (Å²) in [6.07, 6.45) is 0.494. The van der Waals surface area contributed by atoms with Gasteiger partial charge in [0, 0.05) is 22.6 Å². The third-order valence-electron chi connectivity index (χ3n) is 4.72. The van der Waals surface area contributed by atoms with Crippen molar-refractivity contribution >= 4 is 23.3 Å². The van der Waals surface area contributed by atoms with Gasteiger partial charge in [0.1, 0.15) is 6.33 Å². The molecule has 1 aromatic carbocycles. The van der Waals surface area contributed by atoms with Crippen LogP contribution in [0.5, 0.6) is 0 Å². The van der Waals surface area contributed by atoms with Crippen molar-refractivity contribution in [1.29, 1.82) is 0 Å². The van der Waals surface area contributed by atoms with E-state index in [2.05, 4.69) is 20.4 Å². The molecule has 0 aliphatic carbocycles. The molecule has 8 heteroatoms. The maximum Gasteiger partial charge on any atom is 0.311 e. The van der Waals surface area contributed by atoms with Crippen LogP contribution in [0.1, 0.15) is 35.0 Å². The Morgan fingerprint density at radius 2 is 1.86 bits per heavy atom. The number of aromatic nitrogens is 4. The molecule has 0 fully saturated rings. The first-order valence-corrected chi connectivity index (χ1v) is 9.00. The van der Waals surface area contributed by atoms with Gasteiger partial charge in [-0.15, -0.1) is 0 Å². The summed E-state index contributed by atoms with van der Waals surface area (Å²) in [6, 6.07) is 5.75. The van der Waals surface area contributed by atoms with Crippen LogP contribution in [-0.2, 0) is 20.7 Å². The highest BCUT2D eigenvalue weighted by Crippen LogP contribution is 2.20. The van der Waals surface area contributed by atoms with Gasteiger partial charge in [-0.2, -0.15) is 10.1 Å². The van der Waals surface area contributed by atoms with Crippen molar-refractivity contribution in [3.63, 3.8) is 0 Å². The summed E-state index contributed by atoms with van der Waals surface area (Å²) in [6.45, 7) is 9.03. The predicted molar refractivity (Wildman–Crippen MR) is 104 cm³/mol. The first-order valence-electron chi connectivity index (χ1n) is 9.00. The number of benzene rings is 1. The third kappa shape index (κ3) is 3.85. The van der Waals surface area contributed by atoms with Gasteiger partial charge in [0.05, 0.1) is 6.42 Å². The van der Waals surface area contributed by atoms with Crippen molar-refractivity contribution in [2.45, 2.75) is 47.1 Å². The number of fused-ring (bicyclic) bond motifs is 1. The third-order valence-corrected chi connectivity index (χ3v) is 4.72. The summed E-state index contributed by atoms with van der Waals surface area (Å²) in [4.78, 5) is 33.3. The van der Waals surface area contributed by atoms with Crippen molar-refractivity contribution in [2.24, 2.45) is 0 Å². The summed E-state index contributed by atoms with van der Waals surface area (Å²) in [5.74, 6) is -0.394. The van der Waals surface area contributed by atoms with E-state index in [4.69, 9.17) is 4.74 Å². The Kier molecular flexibility index (Phi) is 5.39. The van der Waals surface area contributed by atoms with E-state index >= 15 is 0 Å². The van der Waals surface area contributed by atoms with Crippen LogP contribution in [0, 0.1) is 27.7 Å². The smallest absolute Gasteiger partial charge is 0.311 e. The molecule has 0 saturated carbocycles. The highest BCUT2D eigenvalue weighted by Gasteiger charge is 2.21. The zero-order chi connectivity index (χ0) is 20.4. The molecule has 0 radical (unpaired) electrons. The lowest BCUT2D eigenvalue weighted by Crippen LogP contribution is -2.31. The largest absolute Gasteiger partial charge is 0.452 e. The maximum absolute atomic E-state index is 12.5. The van der Waals surface area contributed by atoms with Gasteiger partial charge >= 0.3 is 5.97 Å². The SMILES string of the molecule is Cc1cccc(C)c1NC(=O)[C@H](C)OC(=O)Cc1c(C)nc2ncnn2c1C. The minimum absolute atomic E-state index is 0.00147. The lowest BCUT2D eigenvalue weighted by molar-refractivity contribution is -0.152. The Hall–Kier alpha value is -3.29. The number of nitrogens with zero attached hydrogens (tertiary/aromatic N) is 4. The Morgan fingerprint density at radius 1 is 1.18 bits per heavy atom. The second-order valence-corrected chi connectivity index (χ2v) is 6.80. The van der Waals surface area contributed by atoms with E-state index in [9.17, 15) is 9.59 Å². The van der Waals surface area contributed by atoms with Crippen molar-refractivity contribution in [3.05, 3.63) is 52.6 Å². The van der Waals surface area contributed by atoms with E-state index in [1.54, 1.807) is 18.4 Å². The molecular formula is C20H23N5O3. The number of ether oxygens (including phenoxy) is 1. The van der Waals surface area contributed by atoms with Crippen LogP contribution in [0.25, 0.3) is 5.78 Å². The Labute approximate surface area is 163 Å². The van der Waals surface area contributed by atoms with Gasteiger partial charge in [-0.1, -0.05) is 18.2 Å². The molecule has 3 aromatic rings. The molecular weight excluding hydrogens is 358 g/mol. The number of aryl methyl sites for hydroxylation is 4. The Bertz CT molecular complexity index is 1040. The molecule has 0 aliphatic heterocycles. The number of nitrogens with one attached hydrogen (secondary N) is 1. The van der Waals surface area contributed by atoms with Gasteiger partial charge in [0.15, 0.2) is 6.10 Å². The number of carbonyl (C=O) groups excluding carboxylic acids is 2. The van der Waals surface area contributed by atoms with Crippen LogP contribution in [0.3, 0.4) is 0 Å². The van der Waals surface area contributed by atoms with Gasteiger partial charge in [-0.25, -0.2) is 9.50 Å². The average Bonchev–Trinajstić information content (AvgIpc) is 3.10. The van der Waals surface area contributed by atoms with E-state index in [0.29, 0.717) is 17.0 Å². The molecule has 0 bridgehead atoms. The second kappa shape index (κ2) is 7.75. The molecule has 1 atom stereocenters. The van der Waals surface area contributed by atoms with Gasteiger partial charge < -0.3 is 10.1 Å². The molecule has 0 saturated heterocycles. The maximum atomic E-state index is 12.5. The lowest BCUT2D eigenvalue weighted by atomic mass is 10.1. The molecule has 0 unspecified atom stereocenters. The zero-order valence-electron chi connectivity index (χ0n) is 16.6. The molecule has 3 rings (SSSR count). The normalized spacial score (nSPS) is 12.0. The first kappa shape index (κ1) is 19.5. The monoisotopic (exact) mass is 381 g/mol. The van der Waals surface area contributed by atoms with Crippen LogP contribution < -0.4 is 5.32 Å². The van der Waals surface area contributed by atoms with Gasteiger partial charge in [0.2, 0.25) is 0 Å². The molecule has 0 aliphatic rings. The molecule has 1 amide bonds. The number of esters is 1. The van der Waals surface area contributed by atoms with E-state index in [0.717, 1.165) is 22.5 Å². The summed E-state index contributed by atoms with van der Waals surface area (Å²) in [7, 11) is 0. The zero-order valence-corrected chi connectivity index (χ0v) is 16.6. The molecule has 146 valence electrons. The minimum atomic E-state index is -0.921. The van der Waals surface area contributed by atoms with Crippen LogP contribution >= 0.6 is 0 Å². The van der Waals surface area contributed by atoms with Gasteiger partial charge in [-0.05, 0) is 45.7 Å². The summed E-state index contributed by atoms with van der Waals surface area (Å²) >= 11 is 0. The van der Waals surface area contributed by atoms with Crippen LogP contribution in [-0.4, -0.2) is 37.6 Å². The highest BCUT2D eigenvalue weighted by molar-refractivity contribution is 5.96. The van der Waals surface area contributed by atoms with E-state index in [-0.39, 0.29) is 12.3 Å². The molecule has 8 nitrogen and oxygen atoms in total. The topological polar surface area (TPSA) is 98.5 Å². The number of hydrogen-bond donors (Lipinski definition) is 1. The number of hydrogen-bond acceptors (Lipinski definition) is 6. The van der Waals surface area contributed by atoms with Crippen LogP contribution in [0.15, 0.2) is 24.5 Å². The molecule has 2 aromatic heterocycles. The molecule has 1 N–H and O–H groups in total. The number of para-hydroxylation sites is 1. The fourth-order valence-corrected chi connectivity index (χ4v) is 3.08. The number of rotatable bonds is 5. The second-order valence-electron chi connectivity index (χ2n) is 6.80.